The fraction of sp³-hybridized carbons (Fsp3) is 0.120. The Kier molecular flexibility index (Phi) is 6.72. The van der Waals surface area contributed by atoms with Gasteiger partial charge in [0, 0.05) is 11.8 Å². The zero-order valence-electron chi connectivity index (χ0n) is 18.9. The van der Waals surface area contributed by atoms with E-state index in [9.17, 15) is 29.3 Å². The average molecular weight is 489 g/mol. The highest BCUT2D eigenvalue weighted by atomic mass is 16.6. The topological polar surface area (TPSA) is 145 Å². The van der Waals surface area contributed by atoms with E-state index in [1.807, 2.05) is 18.2 Å². The van der Waals surface area contributed by atoms with Gasteiger partial charge in [0.25, 0.3) is 23.4 Å². The van der Waals surface area contributed by atoms with Gasteiger partial charge >= 0.3 is 5.97 Å². The molecule has 11 heteroatoms. The Balaban J connectivity index is 1.33. The van der Waals surface area contributed by atoms with Crippen molar-refractivity contribution >= 4 is 35.1 Å². The minimum absolute atomic E-state index is 0.174. The van der Waals surface area contributed by atoms with Crippen molar-refractivity contribution in [1.29, 1.82) is 0 Å². The number of nitro benzene ring substituents is 1. The first kappa shape index (κ1) is 24.1. The number of anilines is 1. The Morgan fingerprint density at radius 2 is 1.61 bits per heavy atom. The second-order valence-corrected chi connectivity index (χ2v) is 7.71. The van der Waals surface area contributed by atoms with Crippen LogP contribution >= 0.6 is 0 Å². The molecule has 0 fully saturated rings. The van der Waals surface area contributed by atoms with Crippen LogP contribution in [0.2, 0.25) is 0 Å². The molecule has 0 spiro atoms. The zero-order chi connectivity index (χ0) is 25.8. The molecule has 0 radical (unpaired) electrons. The predicted octanol–water partition coefficient (Wildman–Crippen LogP) is 3.55. The van der Waals surface area contributed by atoms with E-state index in [0.29, 0.717) is 22.1 Å². The number of nitro groups is 1. The van der Waals surface area contributed by atoms with E-state index in [2.05, 4.69) is 5.32 Å². The Morgan fingerprint density at radius 3 is 2.28 bits per heavy atom. The number of fused-ring (bicyclic) bond motifs is 1. The number of amides is 3. The van der Waals surface area contributed by atoms with Crippen molar-refractivity contribution in [3.05, 3.63) is 94.0 Å². The zero-order valence-corrected chi connectivity index (χ0v) is 18.9. The van der Waals surface area contributed by atoms with Crippen LogP contribution in [0.5, 0.6) is 11.5 Å². The first-order valence-electron chi connectivity index (χ1n) is 10.7. The van der Waals surface area contributed by atoms with Crippen LogP contribution < -0.4 is 10.1 Å². The number of imide groups is 1. The van der Waals surface area contributed by atoms with Crippen LogP contribution in [0.3, 0.4) is 0 Å². The van der Waals surface area contributed by atoms with Crippen LogP contribution in [0.4, 0.5) is 11.4 Å². The smallest absolute Gasteiger partial charge is 0.326 e. The van der Waals surface area contributed by atoms with E-state index in [1.54, 1.807) is 36.4 Å². The third kappa shape index (κ3) is 5.04. The number of rotatable bonds is 8. The minimum Gasteiger partial charge on any atom is -0.457 e. The van der Waals surface area contributed by atoms with Crippen molar-refractivity contribution in [2.45, 2.75) is 13.0 Å². The van der Waals surface area contributed by atoms with Crippen LogP contribution in [0, 0.1) is 10.1 Å². The van der Waals surface area contributed by atoms with E-state index in [-0.39, 0.29) is 11.1 Å². The van der Waals surface area contributed by atoms with Gasteiger partial charge in [-0.2, -0.15) is 0 Å². The van der Waals surface area contributed by atoms with Crippen molar-refractivity contribution in [2.24, 2.45) is 0 Å². The number of nitrogens with zero attached hydrogens (tertiary/aromatic N) is 2. The lowest BCUT2D eigenvalue weighted by molar-refractivity contribution is -0.385. The molecule has 11 nitrogen and oxygen atoms in total. The SMILES string of the molecule is CC(OC(=O)CN1C(=O)c2cccc([N+](=O)[O-])c2C1=O)C(=O)Nc1ccc(Oc2ccccc2)cc1. The molecule has 3 amide bonds. The van der Waals surface area contributed by atoms with Gasteiger partial charge in [0.1, 0.15) is 23.6 Å². The number of carbonyl (C=O) groups is 4. The Morgan fingerprint density at radius 1 is 0.944 bits per heavy atom. The maximum Gasteiger partial charge on any atom is 0.326 e. The summed E-state index contributed by atoms with van der Waals surface area (Å²) in [5.41, 5.74) is -0.663. The van der Waals surface area contributed by atoms with Gasteiger partial charge in [-0.25, -0.2) is 0 Å². The van der Waals surface area contributed by atoms with Gasteiger partial charge in [-0.3, -0.25) is 34.2 Å². The summed E-state index contributed by atoms with van der Waals surface area (Å²) in [5.74, 6) is -2.29. The summed E-state index contributed by atoms with van der Waals surface area (Å²) in [6.45, 7) is 0.528. The summed E-state index contributed by atoms with van der Waals surface area (Å²) in [7, 11) is 0. The lowest BCUT2D eigenvalue weighted by Gasteiger charge is -2.17. The highest BCUT2D eigenvalue weighted by Crippen LogP contribution is 2.30. The fourth-order valence-electron chi connectivity index (χ4n) is 3.50. The molecular weight excluding hydrogens is 470 g/mol. The number of hydrogen-bond acceptors (Lipinski definition) is 8. The Labute approximate surface area is 204 Å². The summed E-state index contributed by atoms with van der Waals surface area (Å²) >= 11 is 0. The molecule has 1 aliphatic heterocycles. The molecule has 0 aromatic heterocycles. The third-order valence-corrected chi connectivity index (χ3v) is 5.24. The second kappa shape index (κ2) is 10.1. The van der Waals surface area contributed by atoms with Gasteiger partial charge in [0.05, 0.1) is 10.5 Å². The number of benzene rings is 3. The highest BCUT2D eigenvalue weighted by molar-refractivity contribution is 6.24. The van der Waals surface area contributed by atoms with E-state index < -0.39 is 47.0 Å². The molecule has 1 atom stereocenters. The van der Waals surface area contributed by atoms with E-state index in [4.69, 9.17) is 9.47 Å². The van der Waals surface area contributed by atoms with Crippen molar-refractivity contribution in [3.8, 4) is 11.5 Å². The molecule has 1 unspecified atom stereocenters. The molecule has 0 saturated heterocycles. The summed E-state index contributed by atoms with van der Waals surface area (Å²) < 4.78 is 10.8. The number of hydrogen-bond donors (Lipinski definition) is 1. The van der Waals surface area contributed by atoms with Gasteiger partial charge in [0.15, 0.2) is 6.10 Å². The molecule has 182 valence electrons. The lowest BCUT2D eigenvalue weighted by Crippen LogP contribution is -2.38. The largest absolute Gasteiger partial charge is 0.457 e. The quantitative estimate of drug-likeness (QED) is 0.219. The van der Waals surface area contributed by atoms with Gasteiger partial charge < -0.3 is 14.8 Å². The predicted molar refractivity (Wildman–Crippen MR) is 126 cm³/mol. The summed E-state index contributed by atoms with van der Waals surface area (Å²) in [4.78, 5) is 60.8. The molecule has 1 aliphatic rings. The van der Waals surface area contributed by atoms with Crippen LogP contribution in [-0.2, 0) is 14.3 Å². The molecule has 3 aromatic rings. The number of para-hydroxylation sites is 1. The summed E-state index contributed by atoms with van der Waals surface area (Å²) in [6.07, 6.45) is -1.25. The van der Waals surface area contributed by atoms with Crippen LogP contribution in [-0.4, -0.2) is 46.2 Å². The van der Waals surface area contributed by atoms with Crippen molar-refractivity contribution in [2.75, 3.05) is 11.9 Å². The first-order chi connectivity index (χ1) is 17.2. The van der Waals surface area contributed by atoms with Gasteiger partial charge in [0.2, 0.25) is 0 Å². The Hall–Kier alpha value is -5.06. The second-order valence-electron chi connectivity index (χ2n) is 7.71. The van der Waals surface area contributed by atoms with Crippen molar-refractivity contribution in [3.63, 3.8) is 0 Å². The van der Waals surface area contributed by atoms with Gasteiger partial charge in [-0.15, -0.1) is 0 Å². The molecule has 0 saturated carbocycles. The van der Waals surface area contributed by atoms with Crippen LogP contribution in [0.25, 0.3) is 0 Å². The number of carbonyl (C=O) groups excluding carboxylic acids is 4. The van der Waals surface area contributed by atoms with Gasteiger partial charge in [-0.05, 0) is 49.4 Å². The summed E-state index contributed by atoms with van der Waals surface area (Å²) in [5, 5.41) is 13.8. The molecule has 1 heterocycles. The fourth-order valence-corrected chi connectivity index (χ4v) is 3.50. The maximum absolute atomic E-state index is 12.6. The first-order valence-corrected chi connectivity index (χ1v) is 10.7. The van der Waals surface area contributed by atoms with E-state index in [0.717, 1.165) is 6.07 Å². The monoisotopic (exact) mass is 489 g/mol. The highest BCUT2D eigenvalue weighted by Gasteiger charge is 2.42. The van der Waals surface area contributed by atoms with E-state index >= 15 is 0 Å². The normalized spacial score (nSPS) is 13.1. The molecule has 0 aliphatic carbocycles. The molecule has 0 bridgehead atoms. The molecule has 3 aromatic carbocycles. The van der Waals surface area contributed by atoms with Crippen molar-refractivity contribution < 1.29 is 33.6 Å². The van der Waals surface area contributed by atoms with E-state index in [1.165, 1.54) is 19.1 Å². The third-order valence-electron chi connectivity index (χ3n) is 5.24. The minimum atomic E-state index is -1.25. The number of ether oxygens (including phenoxy) is 2. The summed E-state index contributed by atoms with van der Waals surface area (Å²) in [6, 6.07) is 19.3. The molecule has 1 N–H and O–H groups in total. The number of esters is 1. The molecule has 4 rings (SSSR count). The number of nitrogens with one attached hydrogen (secondary N) is 1. The maximum atomic E-state index is 12.6. The lowest BCUT2D eigenvalue weighted by atomic mass is 10.1. The molecular formula is C25H19N3O8. The van der Waals surface area contributed by atoms with Crippen LogP contribution in [0.15, 0.2) is 72.8 Å². The van der Waals surface area contributed by atoms with Crippen LogP contribution in [0.1, 0.15) is 27.6 Å². The van der Waals surface area contributed by atoms with Gasteiger partial charge in [-0.1, -0.05) is 24.3 Å². The van der Waals surface area contributed by atoms with Crippen molar-refractivity contribution in [1.82, 2.24) is 4.90 Å². The Bertz CT molecular complexity index is 1360. The standard InChI is InChI=1S/C25H19N3O8/c1-15(23(30)26-16-10-12-18(13-11-16)36-17-6-3-2-4-7-17)35-21(29)14-27-24(31)19-8-5-9-20(28(33)34)22(19)25(27)32/h2-13,15H,14H2,1H3,(H,26,30). The average Bonchev–Trinajstić information content (AvgIpc) is 3.10. The molecule has 36 heavy (non-hydrogen) atoms.